The Bertz CT molecular complexity index is 994. The van der Waals surface area contributed by atoms with E-state index in [4.69, 9.17) is 4.74 Å². The molecule has 0 aliphatic heterocycles. The van der Waals surface area contributed by atoms with Crippen LogP contribution in [0.4, 0.5) is 11.4 Å². The van der Waals surface area contributed by atoms with Crippen molar-refractivity contribution in [2.24, 2.45) is 0 Å². The van der Waals surface area contributed by atoms with E-state index in [0.29, 0.717) is 22.8 Å². The first-order chi connectivity index (χ1) is 11.9. The van der Waals surface area contributed by atoms with Gasteiger partial charge in [0.2, 0.25) is 0 Å². The van der Waals surface area contributed by atoms with E-state index in [1.165, 1.54) is 25.3 Å². The van der Waals surface area contributed by atoms with Crippen LogP contribution in [0.15, 0.2) is 36.5 Å². The van der Waals surface area contributed by atoms with Crippen LogP contribution in [-0.4, -0.2) is 27.3 Å². The normalized spacial score (nSPS) is 10.7. The fourth-order valence-electron chi connectivity index (χ4n) is 2.63. The standard InChI is InChI=1S/C17H16N4O4/c1-10-6-7-20-15(8-10)18-11(2)16(20)17(22)19-13-9-12(21(23)24)4-5-14(13)25-3/h4-9H,1-3H3,(H,19,22). The first kappa shape index (κ1) is 16.4. The van der Waals surface area contributed by atoms with Crippen molar-refractivity contribution in [2.75, 3.05) is 12.4 Å². The number of pyridine rings is 1. The van der Waals surface area contributed by atoms with Gasteiger partial charge in [-0.05, 0) is 37.6 Å². The van der Waals surface area contributed by atoms with Crippen molar-refractivity contribution < 1.29 is 14.5 Å². The molecule has 0 aliphatic rings. The molecular weight excluding hydrogens is 324 g/mol. The molecule has 3 rings (SSSR count). The van der Waals surface area contributed by atoms with Gasteiger partial charge in [-0.3, -0.25) is 19.3 Å². The van der Waals surface area contributed by atoms with Crippen LogP contribution in [-0.2, 0) is 0 Å². The van der Waals surface area contributed by atoms with Gasteiger partial charge in [0.15, 0.2) is 0 Å². The van der Waals surface area contributed by atoms with Gasteiger partial charge in [-0.2, -0.15) is 0 Å². The lowest BCUT2D eigenvalue weighted by Gasteiger charge is -2.10. The molecule has 0 fully saturated rings. The molecule has 0 spiro atoms. The Morgan fingerprint density at radius 1 is 1.28 bits per heavy atom. The number of non-ortho nitro benzene ring substituents is 1. The molecule has 0 aliphatic carbocycles. The fourth-order valence-corrected chi connectivity index (χ4v) is 2.63. The highest BCUT2D eigenvalue weighted by Gasteiger charge is 2.19. The molecule has 128 valence electrons. The van der Waals surface area contributed by atoms with Crippen molar-refractivity contribution in [1.29, 1.82) is 0 Å². The quantitative estimate of drug-likeness (QED) is 0.581. The minimum atomic E-state index is -0.530. The van der Waals surface area contributed by atoms with Gasteiger partial charge < -0.3 is 10.1 Å². The third-order valence-electron chi connectivity index (χ3n) is 3.81. The number of imidazole rings is 1. The number of methoxy groups -OCH3 is 1. The summed E-state index contributed by atoms with van der Waals surface area (Å²) < 4.78 is 6.85. The predicted octanol–water partition coefficient (Wildman–Crippen LogP) is 3.12. The summed E-state index contributed by atoms with van der Waals surface area (Å²) in [4.78, 5) is 27.6. The Morgan fingerprint density at radius 3 is 2.72 bits per heavy atom. The number of ether oxygens (including phenoxy) is 1. The Kier molecular flexibility index (Phi) is 4.10. The molecule has 0 atom stereocenters. The van der Waals surface area contributed by atoms with Gasteiger partial charge in [0, 0.05) is 18.3 Å². The Labute approximate surface area is 143 Å². The predicted molar refractivity (Wildman–Crippen MR) is 92.3 cm³/mol. The topological polar surface area (TPSA) is 98.8 Å². The third kappa shape index (κ3) is 3.01. The minimum absolute atomic E-state index is 0.137. The van der Waals surface area contributed by atoms with Crippen molar-refractivity contribution >= 4 is 22.9 Å². The lowest BCUT2D eigenvalue weighted by atomic mass is 10.2. The van der Waals surface area contributed by atoms with Gasteiger partial charge >= 0.3 is 0 Å². The second-order valence-electron chi connectivity index (χ2n) is 5.57. The van der Waals surface area contributed by atoms with E-state index in [2.05, 4.69) is 10.3 Å². The number of amides is 1. The van der Waals surface area contributed by atoms with E-state index < -0.39 is 10.8 Å². The summed E-state index contributed by atoms with van der Waals surface area (Å²) in [6.45, 7) is 3.68. The summed E-state index contributed by atoms with van der Waals surface area (Å²) in [5, 5.41) is 13.6. The molecule has 0 unspecified atom stereocenters. The average molecular weight is 340 g/mol. The summed E-state index contributed by atoms with van der Waals surface area (Å²) in [6, 6.07) is 7.77. The van der Waals surface area contributed by atoms with Crippen LogP contribution in [0.1, 0.15) is 21.7 Å². The van der Waals surface area contributed by atoms with E-state index in [9.17, 15) is 14.9 Å². The van der Waals surface area contributed by atoms with Crippen LogP contribution in [0, 0.1) is 24.0 Å². The van der Waals surface area contributed by atoms with Gasteiger partial charge in [0.05, 0.1) is 23.4 Å². The molecule has 1 amide bonds. The molecule has 0 saturated heterocycles. The molecule has 3 aromatic rings. The highest BCUT2D eigenvalue weighted by Crippen LogP contribution is 2.29. The van der Waals surface area contributed by atoms with Crippen LogP contribution < -0.4 is 10.1 Å². The number of benzene rings is 1. The number of anilines is 1. The maximum absolute atomic E-state index is 12.7. The molecule has 1 N–H and O–H groups in total. The molecule has 0 bridgehead atoms. The number of hydrogen-bond donors (Lipinski definition) is 1. The van der Waals surface area contributed by atoms with Crippen molar-refractivity contribution in [3.05, 3.63) is 63.6 Å². The van der Waals surface area contributed by atoms with Crippen LogP contribution in [0.25, 0.3) is 5.65 Å². The zero-order valence-corrected chi connectivity index (χ0v) is 13.9. The summed E-state index contributed by atoms with van der Waals surface area (Å²) in [5.41, 5.74) is 2.71. The number of nitrogens with one attached hydrogen (secondary N) is 1. The Balaban J connectivity index is 2.02. The zero-order chi connectivity index (χ0) is 18.1. The molecule has 1 aromatic carbocycles. The van der Waals surface area contributed by atoms with Gasteiger partial charge in [0.1, 0.15) is 17.1 Å². The van der Waals surface area contributed by atoms with Crippen molar-refractivity contribution in [1.82, 2.24) is 9.38 Å². The Hall–Kier alpha value is -3.42. The van der Waals surface area contributed by atoms with Gasteiger partial charge in [0.25, 0.3) is 11.6 Å². The van der Waals surface area contributed by atoms with Crippen molar-refractivity contribution in [2.45, 2.75) is 13.8 Å². The number of carbonyl (C=O) groups is 1. The number of nitro benzene ring substituents is 1. The largest absolute Gasteiger partial charge is 0.495 e. The zero-order valence-electron chi connectivity index (χ0n) is 13.9. The van der Waals surface area contributed by atoms with E-state index >= 15 is 0 Å². The maximum atomic E-state index is 12.7. The van der Waals surface area contributed by atoms with Crippen molar-refractivity contribution in [3.63, 3.8) is 0 Å². The molecular formula is C17H16N4O4. The number of carbonyl (C=O) groups excluding carboxylic acids is 1. The number of aryl methyl sites for hydroxylation is 2. The monoisotopic (exact) mass is 340 g/mol. The lowest BCUT2D eigenvalue weighted by Crippen LogP contribution is -2.16. The van der Waals surface area contributed by atoms with E-state index in [0.717, 1.165) is 5.56 Å². The highest BCUT2D eigenvalue weighted by atomic mass is 16.6. The van der Waals surface area contributed by atoms with Gasteiger partial charge in [-0.15, -0.1) is 0 Å². The van der Waals surface area contributed by atoms with Crippen LogP contribution in [0.5, 0.6) is 5.75 Å². The molecule has 25 heavy (non-hydrogen) atoms. The number of rotatable bonds is 4. The molecule has 0 saturated carbocycles. The number of nitro groups is 1. The molecule has 0 radical (unpaired) electrons. The molecule has 8 heteroatoms. The number of hydrogen-bond acceptors (Lipinski definition) is 5. The maximum Gasteiger partial charge on any atom is 0.274 e. The SMILES string of the molecule is COc1ccc([N+](=O)[O-])cc1NC(=O)c1c(C)nc2cc(C)ccn12. The van der Waals surface area contributed by atoms with Crippen LogP contribution in [0.3, 0.4) is 0 Å². The number of aromatic nitrogens is 2. The third-order valence-corrected chi connectivity index (χ3v) is 3.81. The van der Waals surface area contributed by atoms with Crippen molar-refractivity contribution in [3.8, 4) is 5.75 Å². The first-order valence-electron chi connectivity index (χ1n) is 7.50. The second-order valence-corrected chi connectivity index (χ2v) is 5.57. The van der Waals surface area contributed by atoms with E-state index in [1.807, 2.05) is 19.1 Å². The highest BCUT2D eigenvalue weighted by molar-refractivity contribution is 6.05. The smallest absolute Gasteiger partial charge is 0.274 e. The number of nitrogens with zero attached hydrogens (tertiary/aromatic N) is 3. The van der Waals surface area contributed by atoms with Gasteiger partial charge in [-0.25, -0.2) is 4.98 Å². The summed E-state index contributed by atoms with van der Waals surface area (Å²) in [7, 11) is 1.43. The van der Waals surface area contributed by atoms with Gasteiger partial charge in [-0.1, -0.05) is 0 Å². The average Bonchev–Trinajstić information content (AvgIpc) is 2.89. The molecule has 8 nitrogen and oxygen atoms in total. The lowest BCUT2D eigenvalue weighted by molar-refractivity contribution is -0.384. The first-order valence-corrected chi connectivity index (χ1v) is 7.50. The Morgan fingerprint density at radius 2 is 2.04 bits per heavy atom. The van der Waals surface area contributed by atoms with Crippen LogP contribution >= 0.6 is 0 Å². The fraction of sp³-hybridized carbons (Fsp3) is 0.176. The summed E-state index contributed by atoms with van der Waals surface area (Å²) >= 11 is 0. The molecule has 2 heterocycles. The second kappa shape index (κ2) is 6.23. The minimum Gasteiger partial charge on any atom is -0.495 e. The van der Waals surface area contributed by atoms with Crippen LogP contribution in [0.2, 0.25) is 0 Å². The summed E-state index contributed by atoms with van der Waals surface area (Å²) in [6.07, 6.45) is 1.77. The van der Waals surface area contributed by atoms with E-state index in [-0.39, 0.29) is 11.4 Å². The van der Waals surface area contributed by atoms with E-state index in [1.54, 1.807) is 17.5 Å². The molecule has 2 aromatic heterocycles. The number of fused-ring (bicyclic) bond motifs is 1. The summed E-state index contributed by atoms with van der Waals surface area (Å²) in [5.74, 6) is -0.0890.